The van der Waals surface area contributed by atoms with Crippen molar-refractivity contribution in [3.8, 4) is 5.75 Å². The molecule has 1 amide bonds. The fraction of sp³-hybridized carbons (Fsp3) is 0.467. The standard InChI is InChI=1S/C15H21NO4/c1-14(2,3)20-13(18)16-15(4,5)12(17)19-11-9-7-6-8-10-11/h6-10H,1-5H3,(H,16,18). The summed E-state index contributed by atoms with van der Waals surface area (Å²) < 4.78 is 10.3. The van der Waals surface area contributed by atoms with Gasteiger partial charge in [-0.25, -0.2) is 9.59 Å². The number of ether oxygens (including phenoxy) is 2. The molecule has 0 heterocycles. The highest BCUT2D eigenvalue weighted by molar-refractivity contribution is 5.86. The van der Waals surface area contributed by atoms with Gasteiger partial charge in [0.15, 0.2) is 0 Å². The third-order valence-electron chi connectivity index (χ3n) is 2.28. The molecule has 0 bridgehead atoms. The van der Waals surface area contributed by atoms with Crippen LogP contribution in [0.4, 0.5) is 4.79 Å². The van der Waals surface area contributed by atoms with Gasteiger partial charge in [0, 0.05) is 0 Å². The Morgan fingerprint density at radius 3 is 2.05 bits per heavy atom. The fourth-order valence-electron chi connectivity index (χ4n) is 1.33. The lowest BCUT2D eigenvalue weighted by molar-refractivity contribution is -0.140. The van der Waals surface area contributed by atoms with Crippen LogP contribution in [-0.4, -0.2) is 23.2 Å². The minimum Gasteiger partial charge on any atom is -0.444 e. The Bertz CT molecular complexity index is 474. The molecule has 20 heavy (non-hydrogen) atoms. The molecule has 0 aliphatic heterocycles. The van der Waals surface area contributed by atoms with Gasteiger partial charge in [-0.15, -0.1) is 0 Å². The molecule has 5 heteroatoms. The maximum absolute atomic E-state index is 12.0. The largest absolute Gasteiger partial charge is 0.444 e. The Balaban J connectivity index is 2.64. The molecule has 1 aromatic carbocycles. The number of esters is 1. The van der Waals surface area contributed by atoms with Crippen molar-refractivity contribution in [2.45, 2.75) is 45.8 Å². The Hall–Kier alpha value is -2.04. The lowest BCUT2D eigenvalue weighted by Crippen LogP contribution is -2.52. The molecular formula is C15H21NO4. The summed E-state index contributed by atoms with van der Waals surface area (Å²) in [6.07, 6.45) is -0.660. The first-order chi connectivity index (χ1) is 9.10. The molecule has 0 aromatic heterocycles. The van der Waals surface area contributed by atoms with Crippen LogP contribution in [0.2, 0.25) is 0 Å². The van der Waals surface area contributed by atoms with Crippen LogP contribution < -0.4 is 10.1 Å². The van der Waals surface area contributed by atoms with Gasteiger partial charge in [0.2, 0.25) is 0 Å². The highest BCUT2D eigenvalue weighted by Crippen LogP contribution is 2.14. The van der Waals surface area contributed by atoms with Crippen molar-refractivity contribution in [3.05, 3.63) is 30.3 Å². The summed E-state index contributed by atoms with van der Waals surface area (Å²) in [5, 5.41) is 2.50. The zero-order valence-corrected chi connectivity index (χ0v) is 12.5. The highest BCUT2D eigenvalue weighted by atomic mass is 16.6. The second-order valence-electron chi connectivity index (χ2n) is 5.95. The van der Waals surface area contributed by atoms with Crippen LogP contribution in [0.5, 0.6) is 5.75 Å². The lowest BCUT2D eigenvalue weighted by atomic mass is 10.1. The second-order valence-corrected chi connectivity index (χ2v) is 5.95. The number of carbonyl (C=O) groups is 2. The van der Waals surface area contributed by atoms with Crippen LogP contribution in [0.25, 0.3) is 0 Å². The second kappa shape index (κ2) is 5.94. The molecule has 1 aromatic rings. The van der Waals surface area contributed by atoms with Crippen LogP contribution in [0.15, 0.2) is 30.3 Å². The maximum atomic E-state index is 12.0. The van der Waals surface area contributed by atoms with E-state index in [2.05, 4.69) is 5.32 Å². The van der Waals surface area contributed by atoms with E-state index >= 15 is 0 Å². The summed E-state index contributed by atoms with van der Waals surface area (Å²) in [6.45, 7) is 8.37. The third kappa shape index (κ3) is 5.30. The number of nitrogens with one attached hydrogen (secondary N) is 1. The van der Waals surface area contributed by atoms with Gasteiger partial charge in [0.1, 0.15) is 16.9 Å². The van der Waals surface area contributed by atoms with Crippen LogP contribution >= 0.6 is 0 Å². The molecule has 0 radical (unpaired) electrons. The first-order valence-electron chi connectivity index (χ1n) is 6.39. The third-order valence-corrected chi connectivity index (χ3v) is 2.28. The van der Waals surface area contributed by atoms with E-state index in [1.54, 1.807) is 58.9 Å². The predicted molar refractivity (Wildman–Crippen MR) is 75.5 cm³/mol. The van der Waals surface area contributed by atoms with E-state index < -0.39 is 23.2 Å². The Kier molecular flexibility index (Phi) is 4.76. The minimum absolute atomic E-state index is 0.427. The molecular weight excluding hydrogens is 258 g/mol. The number of para-hydroxylation sites is 1. The van der Waals surface area contributed by atoms with Crippen molar-refractivity contribution in [2.75, 3.05) is 0 Å². The molecule has 0 spiro atoms. The quantitative estimate of drug-likeness (QED) is 0.682. The molecule has 0 aliphatic rings. The van der Waals surface area contributed by atoms with E-state index in [4.69, 9.17) is 9.47 Å². The summed E-state index contributed by atoms with van der Waals surface area (Å²) >= 11 is 0. The number of alkyl carbamates (subject to hydrolysis) is 1. The van der Waals surface area contributed by atoms with Gasteiger partial charge >= 0.3 is 12.1 Å². The monoisotopic (exact) mass is 279 g/mol. The van der Waals surface area contributed by atoms with Crippen LogP contribution in [0.1, 0.15) is 34.6 Å². The number of carbonyl (C=O) groups excluding carboxylic acids is 2. The summed E-state index contributed by atoms with van der Waals surface area (Å²) in [7, 11) is 0. The first-order valence-corrected chi connectivity index (χ1v) is 6.39. The summed E-state index contributed by atoms with van der Waals surface area (Å²) in [4.78, 5) is 23.7. The number of benzene rings is 1. The normalized spacial score (nSPS) is 11.7. The molecule has 0 fully saturated rings. The molecule has 1 rings (SSSR count). The smallest absolute Gasteiger partial charge is 0.408 e. The van der Waals surface area contributed by atoms with Crippen LogP contribution in [0.3, 0.4) is 0 Å². The molecule has 0 aliphatic carbocycles. The molecule has 110 valence electrons. The van der Waals surface area contributed by atoms with Gasteiger partial charge < -0.3 is 14.8 Å². The summed E-state index contributed by atoms with van der Waals surface area (Å²) in [6, 6.07) is 8.68. The van der Waals surface area contributed by atoms with Gasteiger partial charge in [-0.3, -0.25) is 0 Å². The van der Waals surface area contributed by atoms with E-state index in [-0.39, 0.29) is 0 Å². The average Bonchev–Trinajstić information content (AvgIpc) is 2.26. The number of rotatable bonds is 3. The van der Waals surface area contributed by atoms with E-state index in [1.165, 1.54) is 0 Å². The topological polar surface area (TPSA) is 64.6 Å². The van der Waals surface area contributed by atoms with E-state index in [0.717, 1.165) is 0 Å². The maximum Gasteiger partial charge on any atom is 0.408 e. The average molecular weight is 279 g/mol. The van der Waals surface area contributed by atoms with Crippen LogP contribution in [-0.2, 0) is 9.53 Å². The van der Waals surface area contributed by atoms with Crippen molar-refractivity contribution in [1.82, 2.24) is 5.32 Å². The van der Waals surface area contributed by atoms with Crippen LogP contribution in [0, 0.1) is 0 Å². The van der Waals surface area contributed by atoms with Crippen molar-refractivity contribution in [2.24, 2.45) is 0 Å². The zero-order chi connectivity index (χ0) is 15.4. The SMILES string of the molecule is CC(C)(C)OC(=O)NC(C)(C)C(=O)Oc1ccccc1. The van der Waals surface area contributed by atoms with E-state index in [9.17, 15) is 9.59 Å². The van der Waals surface area contributed by atoms with Crippen molar-refractivity contribution >= 4 is 12.1 Å². The fourth-order valence-corrected chi connectivity index (χ4v) is 1.33. The Morgan fingerprint density at radius 1 is 1.00 bits per heavy atom. The first kappa shape index (κ1) is 16.0. The lowest BCUT2D eigenvalue weighted by Gasteiger charge is -2.26. The molecule has 1 N–H and O–H groups in total. The number of hydrogen-bond acceptors (Lipinski definition) is 4. The highest BCUT2D eigenvalue weighted by Gasteiger charge is 2.33. The molecule has 0 unspecified atom stereocenters. The number of hydrogen-bond donors (Lipinski definition) is 1. The molecule has 5 nitrogen and oxygen atoms in total. The summed E-state index contributed by atoms with van der Waals surface area (Å²) in [5.41, 5.74) is -1.80. The van der Waals surface area contributed by atoms with Crippen molar-refractivity contribution in [1.29, 1.82) is 0 Å². The Labute approximate surface area is 119 Å². The van der Waals surface area contributed by atoms with Gasteiger partial charge in [-0.1, -0.05) is 18.2 Å². The van der Waals surface area contributed by atoms with E-state index in [0.29, 0.717) is 5.75 Å². The van der Waals surface area contributed by atoms with Crippen molar-refractivity contribution < 1.29 is 19.1 Å². The molecule has 0 saturated carbocycles. The van der Waals surface area contributed by atoms with Gasteiger partial charge in [-0.05, 0) is 46.8 Å². The predicted octanol–water partition coefficient (Wildman–Crippen LogP) is 2.90. The molecule has 0 saturated heterocycles. The van der Waals surface area contributed by atoms with Gasteiger partial charge in [0.05, 0.1) is 0 Å². The number of amides is 1. The zero-order valence-electron chi connectivity index (χ0n) is 12.5. The minimum atomic E-state index is -1.18. The van der Waals surface area contributed by atoms with Gasteiger partial charge in [-0.2, -0.15) is 0 Å². The Morgan fingerprint density at radius 2 is 1.55 bits per heavy atom. The molecule has 0 atom stereocenters. The summed E-state index contributed by atoms with van der Waals surface area (Å²) in [5.74, 6) is -0.133. The van der Waals surface area contributed by atoms with Gasteiger partial charge in [0.25, 0.3) is 0 Å². The van der Waals surface area contributed by atoms with E-state index in [1.807, 2.05) is 6.07 Å². The van der Waals surface area contributed by atoms with Crippen molar-refractivity contribution in [3.63, 3.8) is 0 Å².